The third-order valence-corrected chi connectivity index (χ3v) is 3.56. The fourth-order valence-corrected chi connectivity index (χ4v) is 2.29. The number of nitrogens with one attached hydrogen (secondary N) is 1. The second-order valence-corrected chi connectivity index (χ2v) is 6.00. The summed E-state index contributed by atoms with van der Waals surface area (Å²) in [4.78, 5) is 16.8. The number of rotatable bonds is 12. The lowest BCUT2D eigenvalue weighted by Crippen LogP contribution is -2.58. The van der Waals surface area contributed by atoms with Crippen LogP contribution in [-0.2, 0) is 9.53 Å². The number of nitrogens with zero attached hydrogens (tertiary/aromatic N) is 2. The van der Waals surface area contributed by atoms with E-state index in [1.54, 1.807) is 0 Å². The highest BCUT2D eigenvalue weighted by Crippen LogP contribution is 2.11. The summed E-state index contributed by atoms with van der Waals surface area (Å²) in [6, 6.07) is 0. The van der Waals surface area contributed by atoms with Gasteiger partial charge in [0.1, 0.15) is 5.54 Å². The van der Waals surface area contributed by atoms with E-state index in [0.29, 0.717) is 13.2 Å². The lowest BCUT2D eigenvalue weighted by molar-refractivity contribution is -0.151. The van der Waals surface area contributed by atoms with Gasteiger partial charge in [-0.15, -0.1) is 0 Å². The monoisotopic (exact) mass is 301 g/mol. The second kappa shape index (κ2) is 11.0. The number of ether oxygens (including phenoxy) is 1. The molecule has 0 saturated heterocycles. The first-order valence-electron chi connectivity index (χ1n) is 8.18. The first-order valence-corrected chi connectivity index (χ1v) is 8.18. The van der Waals surface area contributed by atoms with E-state index >= 15 is 0 Å². The zero-order valence-electron chi connectivity index (χ0n) is 14.9. The topological polar surface area (TPSA) is 44.8 Å². The zero-order valence-corrected chi connectivity index (χ0v) is 14.9. The van der Waals surface area contributed by atoms with Crippen LogP contribution in [0.2, 0.25) is 0 Å². The van der Waals surface area contributed by atoms with E-state index in [-0.39, 0.29) is 5.97 Å². The van der Waals surface area contributed by atoms with Gasteiger partial charge in [-0.05, 0) is 67.0 Å². The Morgan fingerprint density at radius 3 is 2.33 bits per heavy atom. The zero-order chi connectivity index (χ0) is 16.3. The van der Waals surface area contributed by atoms with Crippen molar-refractivity contribution in [2.75, 3.05) is 53.4 Å². The highest BCUT2D eigenvalue weighted by molar-refractivity contribution is 5.80. The Morgan fingerprint density at radius 2 is 1.86 bits per heavy atom. The van der Waals surface area contributed by atoms with Gasteiger partial charge in [-0.25, -0.2) is 0 Å². The molecule has 0 saturated carbocycles. The van der Waals surface area contributed by atoms with Gasteiger partial charge in [-0.3, -0.25) is 4.79 Å². The smallest absolute Gasteiger partial charge is 0.327 e. The van der Waals surface area contributed by atoms with Gasteiger partial charge in [0.15, 0.2) is 0 Å². The molecule has 0 heterocycles. The van der Waals surface area contributed by atoms with Crippen LogP contribution in [0.5, 0.6) is 0 Å². The Kier molecular flexibility index (Phi) is 10.6. The summed E-state index contributed by atoms with van der Waals surface area (Å²) in [6.45, 7) is 13.0. The third kappa shape index (κ3) is 8.39. The summed E-state index contributed by atoms with van der Waals surface area (Å²) in [5.74, 6) is -0.149. The minimum Gasteiger partial charge on any atom is -0.465 e. The molecule has 0 aliphatic heterocycles. The van der Waals surface area contributed by atoms with Crippen LogP contribution in [0, 0.1) is 0 Å². The molecule has 1 N–H and O–H groups in total. The Balaban J connectivity index is 4.62. The lowest BCUT2D eigenvalue weighted by Gasteiger charge is -2.34. The minimum atomic E-state index is -0.625. The Hall–Kier alpha value is -0.650. The molecule has 0 fully saturated rings. The van der Waals surface area contributed by atoms with Crippen molar-refractivity contribution in [3.63, 3.8) is 0 Å². The van der Waals surface area contributed by atoms with Crippen LogP contribution in [0.1, 0.15) is 40.5 Å². The maximum absolute atomic E-state index is 12.3. The van der Waals surface area contributed by atoms with Crippen molar-refractivity contribution in [2.45, 2.75) is 46.1 Å². The van der Waals surface area contributed by atoms with Crippen molar-refractivity contribution in [2.24, 2.45) is 0 Å². The van der Waals surface area contributed by atoms with Crippen LogP contribution in [0.15, 0.2) is 0 Å². The Labute approximate surface area is 131 Å². The number of carbonyl (C=O) groups excluding carboxylic acids is 1. The van der Waals surface area contributed by atoms with Gasteiger partial charge in [0.2, 0.25) is 0 Å². The van der Waals surface area contributed by atoms with Crippen LogP contribution in [0.4, 0.5) is 0 Å². The normalized spacial score (nSPS) is 14.5. The van der Waals surface area contributed by atoms with Crippen molar-refractivity contribution >= 4 is 5.97 Å². The molecular weight excluding hydrogens is 266 g/mol. The molecule has 5 nitrogen and oxygen atoms in total. The summed E-state index contributed by atoms with van der Waals surface area (Å²) in [7, 11) is 4.17. The molecule has 0 aromatic rings. The van der Waals surface area contributed by atoms with E-state index in [9.17, 15) is 4.79 Å². The molecule has 0 bridgehead atoms. The number of likely N-dealkylation sites (N-methyl/N-ethyl adjacent to an activating group) is 1. The van der Waals surface area contributed by atoms with E-state index in [4.69, 9.17) is 4.74 Å². The fourth-order valence-electron chi connectivity index (χ4n) is 2.29. The summed E-state index contributed by atoms with van der Waals surface area (Å²) < 4.78 is 5.26. The summed E-state index contributed by atoms with van der Waals surface area (Å²) in [5, 5.41) is 3.37. The van der Waals surface area contributed by atoms with Gasteiger partial charge in [0.05, 0.1) is 6.61 Å². The van der Waals surface area contributed by atoms with Crippen LogP contribution < -0.4 is 5.32 Å². The summed E-state index contributed by atoms with van der Waals surface area (Å²) >= 11 is 0. The average Bonchev–Trinajstić information content (AvgIpc) is 2.44. The van der Waals surface area contributed by atoms with Crippen molar-refractivity contribution in [1.29, 1.82) is 0 Å². The van der Waals surface area contributed by atoms with Crippen LogP contribution in [0.3, 0.4) is 0 Å². The van der Waals surface area contributed by atoms with Gasteiger partial charge in [0, 0.05) is 6.54 Å². The van der Waals surface area contributed by atoms with Crippen LogP contribution in [-0.4, -0.2) is 74.7 Å². The van der Waals surface area contributed by atoms with Crippen LogP contribution >= 0.6 is 0 Å². The van der Waals surface area contributed by atoms with E-state index in [0.717, 1.165) is 39.0 Å². The quantitative estimate of drug-likeness (QED) is 0.555. The first-order chi connectivity index (χ1) is 9.89. The fraction of sp³-hybridized carbons (Fsp3) is 0.938. The minimum absolute atomic E-state index is 0.149. The molecule has 0 radical (unpaired) electrons. The molecule has 0 aliphatic carbocycles. The maximum Gasteiger partial charge on any atom is 0.327 e. The lowest BCUT2D eigenvalue weighted by atomic mass is 10.0. The van der Waals surface area contributed by atoms with Crippen molar-refractivity contribution in [1.82, 2.24) is 15.1 Å². The highest BCUT2D eigenvalue weighted by atomic mass is 16.5. The van der Waals surface area contributed by atoms with Crippen LogP contribution in [0.25, 0.3) is 0 Å². The number of hydrogen-bond donors (Lipinski definition) is 1. The number of esters is 1. The second-order valence-electron chi connectivity index (χ2n) is 6.00. The van der Waals surface area contributed by atoms with Gasteiger partial charge in [-0.2, -0.15) is 0 Å². The van der Waals surface area contributed by atoms with E-state index in [2.05, 4.69) is 43.1 Å². The molecule has 0 aliphatic rings. The Morgan fingerprint density at radius 1 is 1.19 bits per heavy atom. The van der Waals surface area contributed by atoms with Crippen molar-refractivity contribution < 1.29 is 9.53 Å². The maximum atomic E-state index is 12.3. The molecule has 126 valence electrons. The SMILES string of the molecule is CCCNC(C)(CN(CC)CCCN(C)C)C(=O)OCC. The van der Waals surface area contributed by atoms with Gasteiger partial charge in [0.25, 0.3) is 0 Å². The molecule has 5 heteroatoms. The molecule has 1 unspecified atom stereocenters. The molecule has 0 rings (SSSR count). The van der Waals surface area contributed by atoms with Gasteiger partial charge >= 0.3 is 5.97 Å². The predicted molar refractivity (Wildman–Crippen MR) is 88.6 cm³/mol. The number of carbonyl (C=O) groups is 1. The summed E-state index contributed by atoms with van der Waals surface area (Å²) in [6.07, 6.45) is 2.11. The Bertz CT molecular complexity index is 285. The largest absolute Gasteiger partial charge is 0.465 e. The molecule has 0 aromatic carbocycles. The average molecular weight is 301 g/mol. The van der Waals surface area contributed by atoms with E-state index < -0.39 is 5.54 Å². The molecule has 1 atom stereocenters. The van der Waals surface area contributed by atoms with Gasteiger partial charge in [-0.1, -0.05) is 13.8 Å². The molecule has 21 heavy (non-hydrogen) atoms. The standard InChI is InChI=1S/C16H35N3O2/c1-7-11-17-16(4,15(20)21-9-3)14-19(8-2)13-10-12-18(5)6/h17H,7-14H2,1-6H3. The molecule has 0 amide bonds. The first kappa shape index (κ1) is 20.3. The summed E-state index contributed by atoms with van der Waals surface area (Å²) in [5.41, 5.74) is -0.625. The van der Waals surface area contributed by atoms with Gasteiger partial charge < -0.3 is 19.9 Å². The van der Waals surface area contributed by atoms with E-state index in [1.807, 2.05) is 13.8 Å². The number of hydrogen-bond acceptors (Lipinski definition) is 5. The van der Waals surface area contributed by atoms with Crippen molar-refractivity contribution in [3.8, 4) is 0 Å². The highest BCUT2D eigenvalue weighted by Gasteiger charge is 2.35. The predicted octanol–water partition coefficient (Wildman–Crippen LogP) is 1.58. The molecule has 0 aromatic heterocycles. The van der Waals surface area contributed by atoms with Crippen molar-refractivity contribution in [3.05, 3.63) is 0 Å². The third-order valence-electron chi connectivity index (χ3n) is 3.56. The van der Waals surface area contributed by atoms with E-state index in [1.165, 1.54) is 0 Å². The molecular formula is C16H35N3O2. The molecule has 0 spiro atoms.